The third kappa shape index (κ3) is 3.07. The van der Waals surface area contributed by atoms with Crippen molar-refractivity contribution in [2.45, 2.75) is 33.2 Å². The Kier molecular flexibility index (Phi) is 4.19. The molecule has 1 aromatic carbocycles. The van der Waals surface area contributed by atoms with E-state index in [2.05, 4.69) is 21.1 Å². The van der Waals surface area contributed by atoms with Gasteiger partial charge in [-0.05, 0) is 44.0 Å². The number of amides is 2. The number of anilines is 1. The summed E-state index contributed by atoms with van der Waals surface area (Å²) in [4.78, 5) is 28.9. The van der Waals surface area contributed by atoms with E-state index in [-0.39, 0.29) is 18.2 Å². The van der Waals surface area contributed by atoms with E-state index in [1.165, 1.54) is 0 Å². The third-order valence-corrected chi connectivity index (χ3v) is 4.08. The molecule has 126 valence electrons. The second-order valence-corrected chi connectivity index (χ2v) is 6.42. The van der Waals surface area contributed by atoms with Crippen LogP contribution in [-0.4, -0.2) is 28.8 Å². The summed E-state index contributed by atoms with van der Waals surface area (Å²) in [6.45, 7) is 5.68. The van der Waals surface area contributed by atoms with Gasteiger partial charge in [-0.1, -0.05) is 17.7 Å². The minimum atomic E-state index is -0.701. The first-order chi connectivity index (χ1) is 11.3. The lowest BCUT2D eigenvalue weighted by Gasteiger charge is -2.32. The summed E-state index contributed by atoms with van der Waals surface area (Å²) in [5.41, 5.74) is 5.53. The molecule has 2 aliphatic heterocycles. The number of guanidine groups is 1. The number of benzene rings is 1. The topological polar surface area (TPSA) is 85.8 Å². The van der Waals surface area contributed by atoms with Crippen molar-refractivity contribution in [3.8, 4) is 0 Å². The summed E-state index contributed by atoms with van der Waals surface area (Å²) in [5, 5.41) is 7.63. The fourth-order valence-corrected chi connectivity index (χ4v) is 2.66. The summed E-state index contributed by atoms with van der Waals surface area (Å²) >= 11 is 5.99. The van der Waals surface area contributed by atoms with Crippen LogP contribution in [-0.2, 0) is 9.59 Å². The van der Waals surface area contributed by atoms with E-state index in [1.54, 1.807) is 17.1 Å². The van der Waals surface area contributed by atoms with E-state index < -0.39 is 6.04 Å². The number of aryl methyl sites for hydroxylation is 1. The lowest BCUT2D eigenvalue weighted by Crippen LogP contribution is -2.61. The molecule has 0 saturated carbocycles. The Morgan fingerprint density at radius 2 is 2.17 bits per heavy atom. The molecular formula is C16H18ClN5O2. The molecule has 0 spiro atoms. The third-order valence-electron chi connectivity index (χ3n) is 3.85. The molecule has 1 aromatic rings. The average molecular weight is 348 g/mol. The van der Waals surface area contributed by atoms with Crippen LogP contribution in [0.5, 0.6) is 0 Å². The van der Waals surface area contributed by atoms with Gasteiger partial charge in [-0.15, -0.1) is 0 Å². The SMILES string of the molecule is CC(C)=C1N=C2NC(=O)C[C@@H](C(=O)Nc3cc(Cl)ccc3C)N2N1. The van der Waals surface area contributed by atoms with Gasteiger partial charge in [0.05, 0.1) is 6.42 Å². The van der Waals surface area contributed by atoms with E-state index >= 15 is 0 Å². The number of hydrazine groups is 1. The number of carbonyl (C=O) groups is 2. The van der Waals surface area contributed by atoms with Gasteiger partial charge in [0.1, 0.15) is 11.9 Å². The molecule has 1 fully saturated rings. The van der Waals surface area contributed by atoms with Gasteiger partial charge < -0.3 is 5.32 Å². The fourth-order valence-electron chi connectivity index (χ4n) is 2.49. The number of allylic oxidation sites excluding steroid dienone is 1. The lowest BCUT2D eigenvalue weighted by molar-refractivity contribution is -0.129. The highest BCUT2D eigenvalue weighted by atomic mass is 35.5. The molecule has 1 saturated heterocycles. The highest BCUT2D eigenvalue weighted by molar-refractivity contribution is 6.31. The summed E-state index contributed by atoms with van der Waals surface area (Å²) in [7, 11) is 0. The summed E-state index contributed by atoms with van der Waals surface area (Å²) < 4.78 is 0. The number of nitrogens with one attached hydrogen (secondary N) is 3. The number of carbonyl (C=O) groups excluding carboxylic acids is 2. The summed E-state index contributed by atoms with van der Waals surface area (Å²) in [6, 6.07) is 4.57. The Balaban J connectivity index is 1.84. The average Bonchev–Trinajstić information content (AvgIpc) is 2.94. The standard InChI is InChI=1S/C16H18ClN5O2/c1-8(2)14-20-16-19-13(23)7-12(22(16)21-14)15(24)18-11-6-10(17)5-4-9(11)3/h4-6,12,21H,7H2,1-3H3,(H,18,24)(H,19,20,23)/t12-/m0/s1. The number of fused-ring (bicyclic) bond motifs is 1. The molecule has 24 heavy (non-hydrogen) atoms. The molecular weight excluding hydrogens is 330 g/mol. The first-order valence-corrected chi connectivity index (χ1v) is 7.92. The van der Waals surface area contributed by atoms with Crippen LogP contribution in [0, 0.1) is 6.92 Å². The maximum absolute atomic E-state index is 12.7. The van der Waals surface area contributed by atoms with Crippen LogP contribution in [0.1, 0.15) is 25.8 Å². The van der Waals surface area contributed by atoms with E-state index in [0.29, 0.717) is 22.5 Å². The molecule has 0 radical (unpaired) electrons. The van der Waals surface area contributed by atoms with Gasteiger partial charge >= 0.3 is 0 Å². The van der Waals surface area contributed by atoms with Crippen LogP contribution in [0.2, 0.25) is 5.02 Å². The Morgan fingerprint density at radius 1 is 1.42 bits per heavy atom. The molecule has 7 nitrogen and oxygen atoms in total. The first-order valence-electron chi connectivity index (χ1n) is 7.54. The summed E-state index contributed by atoms with van der Waals surface area (Å²) in [5.74, 6) is 0.421. The van der Waals surface area contributed by atoms with Crippen molar-refractivity contribution in [1.29, 1.82) is 0 Å². The molecule has 3 rings (SSSR count). The van der Waals surface area contributed by atoms with Crippen LogP contribution in [0.4, 0.5) is 5.69 Å². The van der Waals surface area contributed by atoms with Crippen molar-refractivity contribution in [2.24, 2.45) is 4.99 Å². The van der Waals surface area contributed by atoms with Crippen molar-refractivity contribution in [2.75, 3.05) is 5.32 Å². The second kappa shape index (κ2) is 6.16. The number of halogens is 1. The van der Waals surface area contributed by atoms with Crippen LogP contribution < -0.4 is 16.1 Å². The molecule has 2 amide bonds. The maximum atomic E-state index is 12.7. The zero-order chi connectivity index (χ0) is 17.4. The van der Waals surface area contributed by atoms with Gasteiger partial charge in [-0.3, -0.25) is 20.3 Å². The van der Waals surface area contributed by atoms with E-state index in [0.717, 1.165) is 11.1 Å². The van der Waals surface area contributed by atoms with Gasteiger partial charge in [-0.2, -0.15) is 4.99 Å². The molecule has 0 aliphatic carbocycles. The minimum Gasteiger partial charge on any atom is -0.324 e. The molecule has 3 N–H and O–H groups in total. The smallest absolute Gasteiger partial charge is 0.249 e. The van der Waals surface area contributed by atoms with E-state index in [4.69, 9.17) is 11.6 Å². The number of nitrogens with zero attached hydrogens (tertiary/aromatic N) is 2. The van der Waals surface area contributed by atoms with Gasteiger partial charge in [0, 0.05) is 10.7 Å². The van der Waals surface area contributed by atoms with Gasteiger partial charge in [0.15, 0.2) is 0 Å². The predicted molar refractivity (Wildman–Crippen MR) is 92.2 cm³/mol. The zero-order valence-electron chi connectivity index (χ0n) is 13.6. The molecule has 0 unspecified atom stereocenters. The van der Waals surface area contributed by atoms with Crippen molar-refractivity contribution >= 4 is 35.1 Å². The number of aliphatic imine (C=N–C) groups is 1. The van der Waals surface area contributed by atoms with Crippen LogP contribution in [0.25, 0.3) is 0 Å². The van der Waals surface area contributed by atoms with Gasteiger partial charge in [0.2, 0.25) is 17.8 Å². The fraction of sp³-hybridized carbons (Fsp3) is 0.312. The Morgan fingerprint density at radius 3 is 2.88 bits per heavy atom. The highest BCUT2D eigenvalue weighted by Gasteiger charge is 2.39. The van der Waals surface area contributed by atoms with Crippen LogP contribution in [0.3, 0.4) is 0 Å². The van der Waals surface area contributed by atoms with E-state index in [9.17, 15) is 9.59 Å². The quantitative estimate of drug-likeness (QED) is 0.762. The number of rotatable bonds is 2. The molecule has 0 bridgehead atoms. The minimum absolute atomic E-state index is 0.0352. The Bertz CT molecular complexity index is 783. The second-order valence-electron chi connectivity index (χ2n) is 5.98. The Labute approximate surface area is 144 Å². The molecule has 2 aliphatic rings. The maximum Gasteiger partial charge on any atom is 0.249 e. The van der Waals surface area contributed by atoms with Crippen molar-refractivity contribution in [3.63, 3.8) is 0 Å². The normalized spacial score (nSPS) is 19.2. The molecule has 0 aromatic heterocycles. The van der Waals surface area contributed by atoms with Gasteiger partial charge in [-0.25, -0.2) is 5.01 Å². The number of hydrogen-bond acceptors (Lipinski definition) is 5. The van der Waals surface area contributed by atoms with Gasteiger partial charge in [0.25, 0.3) is 0 Å². The number of hydrogen-bond donors (Lipinski definition) is 3. The first kappa shape index (κ1) is 16.3. The van der Waals surface area contributed by atoms with Crippen molar-refractivity contribution in [3.05, 3.63) is 40.2 Å². The largest absolute Gasteiger partial charge is 0.324 e. The van der Waals surface area contributed by atoms with Crippen LogP contribution in [0.15, 0.2) is 34.6 Å². The Hall–Kier alpha value is -2.54. The molecule has 2 heterocycles. The van der Waals surface area contributed by atoms with Crippen LogP contribution >= 0.6 is 11.6 Å². The lowest BCUT2D eigenvalue weighted by atomic mass is 10.1. The zero-order valence-corrected chi connectivity index (χ0v) is 14.4. The van der Waals surface area contributed by atoms with Crippen molar-refractivity contribution in [1.82, 2.24) is 15.8 Å². The highest BCUT2D eigenvalue weighted by Crippen LogP contribution is 2.23. The summed E-state index contributed by atoms with van der Waals surface area (Å²) in [6.07, 6.45) is 0.0352. The monoisotopic (exact) mass is 347 g/mol. The molecule has 8 heteroatoms. The van der Waals surface area contributed by atoms with E-state index in [1.807, 2.05) is 26.8 Å². The van der Waals surface area contributed by atoms with Crippen molar-refractivity contribution < 1.29 is 9.59 Å². The predicted octanol–water partition coefficient (Wildman–Crippen LogP) is 1.90. The molecule has 1 atom stereocenters.